The molecule has 5 nitrogen and oxygen atoms in total. The van der Waals surface area contributed by atoms with E-state index in [0.29, 0.717) is 10.0 Å². The summed E-state index contributed by atoms with van der Waals surface area (Å²) >= 11 is 12.2. The highest BCUT2D eigenvalue weighted by atomic mass is 35.5. The summed E-state index contributed by atoms with van der Waals surface area (Å²) in [6, 6.07) is 14.4. The molecule has 0 saturated carbocycles. The van der Waals surface area contributed by atoms with Gasteiger partial charge in [-0.05, 0) is 48.7 Å². The second-order valence-electron chi connectivity index (χ2n) is 8.05. The Bertz CT molecular complexity index is 859. The van der Waals surface area contributed by atoms with Crippen LogP contribution in [0.5, 0.6) is 0 Å². The highest BCUT2D eigenvalue weighted by Crippen LogP contribution is 2.44. The standard InChI is InChI=1S/C24H29Cl2NO4/c1-3-4-15(2)27-22(16-5-9-18(25)10-6-16)23(17-7-11-19(26)12-8-17)31-21(24(27)30)13-20(29)14-28/h5-12,15,20-23,28-29H,3-4,13-14H2,1-2H3/t15-,20+,21+,22-,23+/m1/s1. The number of carbonyl (C=O) groups is 1. The van der Waals surface area contributed by atoms with Crippen LogP contribution >= 0.6 is 23.2 Å². The van der Waals surface area contributed by atoms with E-state index in [0.717, 1.165) is 24.0 Å². The van der Waals surface area contributed by atoms with E-state index in [1.54, 1.807) is 12.1 Å². The first kappa shape index (κ1) is 24.0. The molecular weight excluding hydrogens is 437 g/mol. The predicted octanol–water partition coefficient (Wildman–Crippen LogP) is 4.94. The Morgan fingerprint density at radius 3 is 2.10 bits per heavy atom. The van der Waals surface area contributed by atoms with Crippen molar-refractivity contribution in [1.29, 1.82) is 0 Å². The quantitative estimate of drug-likeness (QED) is 0.579. The number of halogens is 2. The molecular formula is C24H29Cl2NO4. The van der Waals surface area contributed by atoms with Gasteiger partial charge in [-0.25, -0.2) is 0 Å². The van der Waals surface area contributed by atoms with Gasteiger partial charge < -0.3 is 19.8 Å². The first-order valence-corrected chi connectivity index (χ1v) is 11.4. The zero-order valence-electron chi connectivity index (χ0n) is 17.7. The molecule has 3 rings (SSSR count). The molecule has 1 aliphatic heterocycles. The summed E-state index contributed by atoms with van der Waals surface area (Å²) < 4.78 is 6.31. The number of amides is 1. The normalized spacial score (nSPS) is 23.6. The Balaban J connectivity index is 2.10. The highest BCUT2D eigenvalue weighted by molar-refractivity contribution is 6.30. The zero-order chi connectivity index (χ0) is 22.5. The monoisotopic (exact) mass is 465 g/mol. The first-order chi connectivity index (χ1) is 14.8. The fraction of sp³-hybridized carbons (Fsp3) is 0.458. The van der Waals surface area contributed by atoms with E-state index < -0.39 is 24.9 Å². The van der Waals surface area contributed by atoms with Gasteiger partial charge in [0.2, 0.25) is 0 Å². The average Bonchev–Trinajstić information content (AvgIpc) is 2.76. The van der Waals surface area contributed by atoms with E-state index in [-0.39, 0.29) is 24.4 Å². The number of benzene rings is 2. The molecule has 2 aromatic carbocycles. The third-order valence-corrected chi connectivity index (χ3v) is 6.22. The topological polar surface area (TPSA) is 70.0 Å². The van der Waals surface area contributed by atoms with Gasteiger partial charge >= 0.3 is 0 Å². The number of hydrogen-bond donors (Lipinski definition) is 2. The number of carbonyl (C=O) groups excluding carboxylic acids is 1. The summed E-state index contributed by atoms with van der Waals surface area (Å²) in [6.07, 6.45) is -0.567. The molecule has 0 spiro atoms. The van der Waals surface area contributed by atoms with Crippen LogP contribution in [0.25, 0.3) is 0 Å². The summed E-state index contributed by atoms with van der Waals surface area (Å²) in [5.41, 5.74) is 1.80. The lowest BCUT2D eigenvalue weighted by atomic mass is 9.89. The molecule has 0 unspecified atom stereocenters. The van der Waals surface area contributed by atoms with Gasteiger partial charge in [-0.1, -0.05) is 60.8 Å². The Hall–Kier alpha value is -1.63. The Morgan fingerprint density at radius 2 is 1.58 bits per heavy atom. The highest BCUT2D eigenvalue weighted by Gasteiger charge is 2.46. The Labute approximate surface area is 193 Å². The van der Waals surface area contributed by atoms with E-state index in [4.69, 9.17) is 27.9 Å². The van der Waals surface area contributed by atoms with Gasteiger partial charge in [0.25, 0.3) is 5.91 Å². The number of nitrogens with zero attached hydrogens (tertiary/aromatic N) is 1. The van der Waals surface area contributed by atoms with Crippen LogP contribution in [0.1, 0.15) is 56.4 Å². The van der Waals surface area contributed by atoms with Crippen LogP contribution in [0.3, 0.4) is 0 Å². The lowest BCUT2D eigenvalue weighted by Crippen LogP contribution is -2.54. The molecule has 1 heterocycles. The van der Waals surface area contributed by atoms with Crippen LogP contribution in [0, 0.1) is 0 Å². The van der Waals surface area contributed by atoms with Crippen molar-refractivity contribution in [3.05, 3.63) is 69.7 Å². The molecule has 31 heavy (non-hydrogen) atoms. The SMILES string of the molecule is CCC[C@@H](C)N1C(=O)[C@H](C[C@H](O)CO)O[C@@H](c2ccc(Cl)cc2)[C@H]1c1ccc(Cl)cc1. The molecule has 0 radical (unpaired) electrons. The minimum Gasteiger partial charge on any atom is -0.394 e. The van der Waals surface area contributed by atoms with Gasteiger partial charge in [0.05, 0.1) is 18.8 Å². The lowest BCUT2D eigenvalue weighted by Gasteiger charge is -2.48. The van der Waals surface area contributed by atoms with E-state index >= 15 is 0 Å². The Kier molecular flexibility index (Phi) is 8.36. The minimum atomic E-state index is -1.03. The Morgan fingerprint density at radius 1 is 1.03 bits per heavy atom. The third kappa shape index (κ3) is 5.60. The van der Waals surface area contributed by atoms with Crippen molar-refractivity contribution in [1.82, 2.24) is 4.90 Å². The molecule has 0 aromatic heterocycles. The van der Waals surface area contributed by atoms with Crippen LogP contribution in [-0.4, -0.2) is 45.9 Å². The van der Waals surface area contributed by atoms with Crippen molar-refractivity contribution in [2.45, 2.75) is 63.5 Å². The number of rotatable bonds is 8. The van der Waals surface area contributed by atoms with Gasteiger partial charge in [0.1, 0.15) is 12.2 Å². The molecule has 0 aliphatic carbocycles. The van der Waals surface area contributed by atoms with Crippen molar-refractivity contribution in [2.24, 2.45) is 0 Å². The summed E-state index contributed by atoms with van der Waals surface area (Å²) in [5.74, 6) is -0.182. The summed E-state index contributed by atoms with van der Waals surface area (Å²) in [6.45, 7) is 3.69. The lowest BCUT2D eigenvalue weighted by molar-refractivity contribution is -0.183. The number of morpholine rings is 1. The van der Waals surface area contributed by atoms with Crippen LogP contribution in [0.15, 0.2) is 48.5 Å². The molecule has 2 N–H and O–H groups in total. The zero-order valence-corrected chi connectivity index (χ0v) is 19.3. The second-order valence-corrected chi connectivity index (χ2v) is 8.92. The molecule has 0 bridgehead atoms. The van der Waals surface area contributed by atoms with E-state index in [1.165, 1.54) is 0 Å². The largest absolute Gasteiger partial charge is 0.394 e. The van der Waals surface area contributed by atoms with E-state index in [9.17, 15) is 15.0 Å². The van der Waals surface area contributed by atoms with Crippen LogP contribution in [-0.2, 0) is 9.53 Å². The van der Waals surface area contributed by atoms with Crippen molar-refractivity contribution < 1.29 is 19.7 Å². The minimum absolute atomic E-state index is 0.0299. The fourth-order valence-corrected chi connectivity index (χ4v) is 4.45. The maximum absolute atomic E-state index is 13.5. The first-order valence-electron chi connectivity index (χ1n) is 10.6. The third-order valence-electron chi connectivity index (χ3n) is 5.72. The molecule has 1 aliphatic rings. The predicted molar refractivity (Wildman–Crippen MR) is 122 cm³/mol. The van der Waals surface area contributed by atoms with E-state index in [2.05, 4.69) is 6.92 Å². The summed E-state index contributed by atoms with van der Waals surface area (Å²) in [5, 5.41) is 20.6. The second kappa shape index (κ2) is 10.8. The van der Waals surface area contributed by atoms with Crippen LogP contribution < -0.4 is 0 Å². The van der Waals surface area contributed by atoms with Gasteiger partial charge in [-0.2, -0.15) is 0 Å². The molecule has 1 amide bonds. The molecule has 1 fully saturated rings. The summed E-state index contributed by atoms with van der Waals surface area (Å²) in [4.78, 5) is 15.4. The van der Waals surface area contributed by atoms with Crippen molar-refractivity contribution in [3.63, 3.8) is 0 Å². The number of ether oxygens (including phenoxy) is 1. The maximum Gasteiger partial charge on any atom is 0.252 e. The van der Waals surface area contributed by atoms with Gasteiger partial charge in [0.15, 0.2) is 0 Å². The van der Waals surface area contributed by atoms with Crippen LogP contribution in [0.2, 0.25) is 10.0 Å². The van der Waals surface area contributed by atoms with E-state index in [1.807, 2.05) is 48.2 Å². The average molecular weight is 466 g/mol. The molecule has 2 aromatic rings. The van der Waals surface area contributed by atoms with Crippen molar-refractivity contribution >= 4 is 29.1 Å². The fourth-order valence-electron chi connectivity index (χ4n) is 4.19. The van der Waals surface area contributed by atoms with Gasteiger partial charge in [-0.3, -0.25) is 4.79 Å². The number of aliphatic hydroxyl groups excluding tert-OH is 2. The maximum atomic E-state index is 13.5. The summed E-state index contributed by atoms with van der Waals surface area (Å²) in [7, 11) is 0. The van der Waals surface area contributed by atoms with Gasteiger partial charge in [-0.15, -0.1) is 0 Å². The van der Waals surface area contributed by atoms with Crippen LogP contribution in [0.4, 0.5) is 0 Å². The number of aliphatic hydroxyl groups is 2. The van der Waals surface area contributed by atoms with Crippen molar-refractivity contribution in [2.75, 3.05) is 6.61 Å². The molecule has 1 saturated heterocycles. The molecule has 7 heteroatoms. The smallest absolute Gasteiger partial charge is 0.252 e. The molecule has 168 valence electrons. The van der Waals surface area contributed by atoms with Gasteiger partial charge in [0, 0.05) is 22.5 Å². The van der Waals surface area contributed by atoms with Crippen molar-refractivity contribution in [3.8, 4) is 0 Å². The molecule has 5 atom stereocenters. The number of hydrogen-bond acceptors (Lipinski definition) is 4.